The van der Waals surface area contributed by atoms with Crippen LogP contribution in [0.25, 0.3) is 10.8 Å². The van der Waals surface area contributed by atoms with Crippen LogP contribution in [-0.2, 0) is 36.1 Å². The Kier molecular flexibility index (Phi) is 7.46. The predicted molar refractivity (Wildman–Crippen MR) is 151 cm³/mol. The first-order valence-electron chi connectivity index (χ1n) is 12.5. The molecule has 1 aliphatic rings. The molecule has 1 atom stereocenters. The van der Waals surface area contributed by atoms with Crippen molar-refractivity contribution in [2.75, 3.05) is 11.4 Å². The second-order valence-corrected chi connectivity index (χ2v) is 13.0. The van der Waals surface area contributed by atoms with Gasteiger partial charge in [-0.15, -0.1) is 0 Å². The molecule has 10 nitrogen and oxygen atoms in total. The number of anilines is 1. The number of benzene rings is 4. The van der Waals surface area contributed by atoms with Crippen LogP contribution in [0, 0.1) is 11.3 Å². The van der Waals surface area contributed by atoms with Crippen molar-refractivity contribution >= 4 is 48.3 Å². The largest absolute Gasteiger partial charge is 0.274 e. The van der Waals surface area contributed by atoms with E-state index in [4.69, 9.17) is 10.4 Å². The summed E-state index contributed by atoms with van der Waals surface area (Å²) in [5.74, 6) is -1.27. The first-order chi connectivity index (χ1) is 19.5. The molecule has 1 heterocycles. The standard InChI is InChI=1S/C29H24N4O6S2/c30-19-21-5-10-24(11-6-21)33-28(34)18-27(29(33)35)32(16-15-20-7-12-25(13-8-20)40(31,36)37)41(38,39)26-14-9-22-3-1-2-4-23(22)17-26/h1-14,17,27H,15-16,18H2,(H2,31,36,37). The number of hydrogen-bond acceptors (Lipinski definition) is 7. The molecule has 1 saturated heterocycles. The van der Waals surface area contributed by atoms with Crippen molar-refractivity contribution in [1.82, 2.24) is 4.31 Å². The monoisotopic (exact) mass is 588 g/mol. The maximum atomic E-state index is 14.1. The molecule has 0 radical (unpaired) electrons. The van der Waals surface area contributed by atoms with Crippen molar-refractivity contribution in [3.05, 3.63) is 102 Å². The average Bonchev–Trinajstić information content (AvgIpc) is 3.25. The van der Waals surface area contributed by atoms with Crippen molar-refractivity contribution in [1.29, 1.82) is 5.26 Å². The highest BCUT2D eigenvalue weighted by Crippen LogP contribution is 2.31. The Bertz CT molecular complexity index is 1920. The molecule has 0 saturated carbocycles. The fraction of sp³-hybridized carbons (Fsp3) is 0.138. The summed E-state index contributed by atoms with van der Waals surface area (Å²) < 4.78 is 52.4. The van der Waals surface area contributed by atoms with Gasteiger partial charge in [0.1, 0.15) is 6.04 Å². The van der Waals surface area contributed by atoms with E-state index < -0.39 is 37.9 Å². The number of rotatable bonds is 8. The molecule has 0 spiro atoms. The van der Waals surface area contributed by atoms with E-state index in [9.17, 15) is 26.4 Å². The summed E-state index contributed by atoms with van der Waals surface area (Å²) in [7, 11) is -8.18. The molecule has 0 aromatic heterocycles. The third kappa shape index (κ3) is 5.61. The molecule has 2 N–H and O–H groups in total. The summed E-state index contributed by atoms with van der Waals surface area (Å²) in [6, 6.07) is 24.1. The fourth-order valence-electron chi connectivity index (χ4n) is 4.79. The third-order valence-electron chi connectivity index (χ3n) is 6.93. The highest BCUT2D eigenvalue weighted by Gasteiger charge is 2.46. The van der Waals surface area contributed by atoms with Gasteiger partial charge in [0.05, 0.1) is 33.5 Å². The number of hydrogen-bond donors (Lipinski definition) is 1. The first kappa shape index (κ1) is 28.1. The molecule has 4 aromatic carbocycles. The van der Waals surface area contributed by atoms with Crippen LogP contribution in [0.4, 0.5) is 5.69 Å². The highest BCUT2D eigenvalue weighted by molar-refractivity contribution is 7.89. The van der Waals surface area contributed by atoms with Gasteiger partial charge in [-0.25, -0.2) is 26.9 Å². The van der Waals surface area contributed by atoms with E-state index in [1.165, 1.54) is 60.7 Å². The van der Waals surface area contributed by atoms with E-state index in [1.54, 1.807) is 18.2 Å². The van der Waals surface area contributed by atoms with Gasteiger partial charge in [-0.3, -0.25) is 9.59 Å². The topological polar surface area (TPSA) is 159 Å². The number of carbonyl (C=O) groups is 2. The number of amides is 2. The molecule has 4 aromatic rings. The van der Waals surface area contributed by atoms with E-state index in [-0.39, 0.29) is 34.9 Å². The number of carbonyl (C=O) groups excluding carboxylic acids is 2. The van der Waals surface area contributed by atoms with Gasteiger partial charge in [0.15, 0.2) is 0 Å². The lowest BCUT2D eigenvalue weighted by Gasteiger charge is -2.27. The van der Waals surface area contributed by atoms with Crippen LogP contribution >= 0.6 is 0 Å². The van der Waals surface area contributed by atoms with Crippen molar-refractivity contribution in [2.24, 2.45) is 5.14 Å². The van der Waals surface area contributed by atoms with Gasteiger partial charge in [-0.05, 0) is 71.3 Å². The second kappa shape index (κ2) is 10.9. The molecule has 2 amide bonds. The molecule has 41 heavy (non-hydrogen) atoms. The van der Waals surface area contributed by atoms with Gasteiger partial charge in [-0.1, -0.05) is 42.5 Å². The van der Waals surface area contributed by atoms with Crippen LogP contribution < -0.4 is 10.0 Å². The van der Waals surface area contributed by atoms with E-state index in [0.29, 0.717) is 16.5 Å². The Hall–Kier alpha value is -4.41. The Morgan fingerprint density at radius 3 is 2.12 bits per heavy atom. The van der Waals surface area contributed by atoms with Crippen LogP contribution in [0.15, 0.2) is 101 Å². The number of nitrogens with two attached hydrogens (primary N) is 1. The molecule has 1 aliphatic heterocycles. The van der Waals surface area contributed by atoms with E-state index in [0.717, 1.165) is 14.6 Å². The minimum absolute atomic E-state index is 0.0298. The molecule has 5 rings (SSSR count). The molecule has 208 valence electrons. The SMILES string of the molecule is N#Cc1ccc(N2C(=O)CC(N(CCc3ccc(S(N)(=O)=O)cc3)S(=O)(=O)c3ccc4ccccc4c3)C2=O)cc1. The number of nitriles is 1. The summed E-state index contributed by atoms with van der Waals surface area (Å²) >= 11 is 0. The summed E-state index contributed by atoms with van der Waals surface area (Å²) in [5.41, 5.74) is 1.19. The number of imide groups is 1. The molecule has 12 heteroatoms. The lowest BCUT2D eigenvalue weighted by molar-refractivity contribution is -0.122. The van der Waals surface area contributed by atoms with Gasteiger partial charge >= 0.3 is 0 Å². The van der Waals surface area contributed by atoms with Gasteiger partial charge in [-0.2, -0.15) is 9.57 Å². The van der Waals surface area contributed by atoms with Crippen LogP contribution in [-0.4, -0.2) is 45.5 Å². The lowest BCUT2D eigenvalue weighted by atomic mass is 10.1. The Morgan fingerprint density at radius 2 is 1.49 bits per heavy atom. The Balaban J connectivity index is 1.51. The third-order valence-corrected chi connectivity index (χ3v) is 9.76. The highest BCUT2D eigenvalue weighted by atomic mass is 32.2. The van der Waals surface area contributed by atoms with Gasteiger partial charge in [0, 0.05) is 6.54 Å². The van der Waals surface area contributed by atoms with E-state index in [1.807, 2.05) is 18.2 Å². The minimum atomic E-state index is -4.28. The van der Waals surface area contributed by atoms with Crippen LogP contribution in [0.3, 0.4) is 0 Å². The van der Waals surface area contributed by atoms with Gasteiger partial charge in [0.25, 0.3) is 5.91 Å². The molecule has 1 unspecified atom stereocenters. The number of fused-ring (bicyclic) bond motifs is 1. The Morgan fingerprint density at radius 1 is 0.854 bits per heavy atom. The summed E-state index contributed by atoms with van der Waals surface area (Å²) in [6.45, 7) is -0.158. The van der Waals surface area contributed by atoms with Gasteiger partial charge in [0.2, 0.25) is 26.0 Å². The molecule has 0 bridgehead atoms. The van der Waals surface area contributed by atoms with Crippen molar-refractivity contribution in [3.63, 3.8) is 0 Å². The van der Waals surface area contributed by atoms with Crippen molar-refractivity contribution in [3.8, 4) is 6.07 Å². The fourth-order valence-corrected chi connectivity index (χ4v) is 6.92. The Labute approximate surface area is 237 Å². The molecule has 0 aliphatic carbocycles. The zero-order chi connectivity index (χ0) is 29.4. The van der Waals surface area contributed by atoms with Crippen LogP contribution in [0.2, 0.25) is 0 Å². The smallest absolute Gasteiger partial charge is 0.252 e. The summed E-state index contributed by atoms with van der Waals surface area (Å²) in [4.78, 5) is 27.5. The zero-order valence-corrected chi connectivity index (χ0v) is 23.2. The number of sulfonamides is 2. The van der Waals surface area contributed by atoms with Crippen LogP contribution in [0.5, 0.6) is 0 Å². The van der Waals surface area contributed by atoms with Gasteiger partial charge < -0.3 is 0 Å². The summed E-state index contributed by atoms with van der Waals surface area (Å²) in [6.07, 6.45) is -0.234. The van der Waals surface area contributed by atoms with E-state index >= 15 is 0 Å². The van der Waals surface area contributed by atoms with Crippen molar-refractivity contribution in [2.45, 2.75) is 28.7 Å². The quantitative estimate of drug-likeness (QED) is 0.310. The lowest BCUT2D eigenvalue weighted by Crippen LogP contribution is -2.46. The molecule has 1 fully saturated rings. The zero-order valence-electron chi connectivity index (χ0n) is 21.5. The average molecular weight is 589 g/mol. The minimum Gasteiger partial charge on any atom is -0.274 e. The second-order valence-electron chi connectivity index (χ2n) is 9.51. The van der Waals surface area contributed by atoms with Crippen molar-refractivity contribution < 1.29 is 26.4 Å². The molecular weight excluding hydrogens is 564 g/mol. The number of nitrogens with zero attached hydrogens (tertiary/aromatic N) is 3. The summed E-state index contributed by atoms with van der Waals surface area (Å²) in [5, 5.41) is 15.8. The molecular formula is C29H24N4O6S2. The van der Waals surface area contributed by atoms with E-state index in [2.05, 4.69) is 0 Å². The maximum Gasteiger partial charge on any atom is 0.252 e. The van der Waals surface area contributed by atoms with Crippen LogP contribution in [0.1, 0.15) is 17.5 Å². The predicted octanol–water partition coefficient (Wildman–Crippen LogP) is 2.92. The normalized spacial score (nSPS) is 15.9. The first-order valence-corrected chi connectivity index (χ1v) is 15.5. The maximum absolute atomic E-state index is 14.1. The number of primary sulfonamides is 1.